The van der Waals surface area contributed by atoms with E-state index in [4.69, 9.17) is 4.42 Å². The second-order valence-electron chi connectivity index (χ2n) is 6.57. The van der Waals surface area contributed by atoms with Crippen LogP contribution in [0.3, 0.4) is 0 Å². The van der Waals surface area contributed by atoms with Crippen LogP contribution in [0.1, 0.15) is 18.2 Å². The van der Waals surface area contributed by atoms with E-state index < -0.39 is 0 Å². The van der Waals surface area contributed by atoms with Crippen LogP contribution in [0, 0.1) is 0 Å². The number of hydrogen-bond acceptors (Lipinski definition) is 6. The van der Waals surface area contributed by atoms with Gasteiger partial charge in [0.15, 0.2) is 11.0 Å². The molecule has 1 amide bonds. The molecule has 8 heteroatoms. The van der Waals surface area contributed by atoms with Crippen molar-refractivity contribution in [2.45, 2.75) is 25.0 Å². The number of hydrogen-bond donors (Lipinski definition) is 1. The fourth-order valence-electron chi connectivity index (χ4n) is 2.93. The molecular weight excluding hydrogens is 398 g/mol. The van der Waals surface area contributed by atoms with Gasteiger partial charge in [0, 0.05) is 11.9 Å². The van der Waals surface area contributed by atoms with Gasteiger partial charge < -0.3 is 9.73 Å². The van der Waals surface area contributed by atoms with Gasteiger partial charge in [-0.05, 0) is 48.4 Å². The minimum absolute atomic E-state index is 0.101. The lowest BCUT2D eigenvalue weighted by molar-refractivity contribution is -0.113. The number of benzene rings is 1. The molecule has 0 bridgehead atoms. The van der Waals surface area contributed by atoms with Crippen molar-refractivity contribution in [3.63, 3.8) is 0 Å². The number of aromatic nitrogens is 4. The quantitative estimate of drug-likeness (QED) is 0.429. The van der Waals surface area contributed by atoms with Crippen LogP contribution < -0.4 is 5.32 Å². The first-order valence-corrected chi connectivity index (χ1v) is 10.6. The van der Waals surface area contributed by atoms with Crippen LogP contribution in [0.4, 0.5) is 5.69 Å². The summed E-state index contributed by atoms with van der Waals surface area (Å²) in [6, 6.07) is 17.2. The summed E-state index contributed by atoms with van der Waals surface area (Å²) in [5.41, 5.74) is 2.73. The standard InChI is InChI=1S/C22H21N5O2S/c1-2-16-8-10-17(11-9-16)24-20(28)15-30-22-26-25-21(19-7-3-4-12-23-19)27(22)14-18-6-5-13-29-18/h3-13H,2,14-15H2,1H3,(H,24,28). The average Bonchev–Trinajstić information content (AvgIpc) is 3.44. The fourth-order valence-corrected chi connectivity index (χ4v) is 3.67. The Morgan fingerprint density at radius 1 is 1.10 bits per heavy atom. The number of aryl methyl sites for hydroxylation is 1. The van der Waals surface area contributed by atoms with Crippen molar-refractivity contribution in [1.82, 2.24) is 19.7 Å². The predicted molar refractivity (Wildman–Crippen MR) is 116 cm³/mol. The number of pyridine rings is 1. The molecule has 30 heavy (non-hydrogen) atoms. The molecule has 1 N–H and O–H groups in total. The molecule has 0 aliphatic carbocycles. The molecule has 3 aromatic heterocycles. The van der Waals surface area contributed by atoms with E-state index in [-0.39, 0.29) is 11.7 Å². The molecule has 0 aliphatic heterocycles. The van der Waals surface area contributed by atoms with Crippen LogP contribution >= 0.6 is 11.8 Å². The lowest BCUT2D eigenvalue weighted by atomic mass is 10.1. The van der Waals surface area contributed by atoms with E-state index in [2.05, 4.69) is 27.4 Å². The Balaban J connectivity index is 1.48. The van der Waals surface area contributed by atoms with Crippen LogP contribution in [-0.2, 0) is 17.8 Å². The fraction of sp³-hybridized carbons (Fsp3) is 0.182. The third kappa shape index (κ3) is 4.77. The van der Waals surface area contributed by atoms with E-state index in [1.165, 1.54) is 17.3 Å². The number of thioether (sulfide) groups is 1. The van der Waals surface area contributed by atoms with Gasteiger partial charge in [-0.15, -0.1) is 10.2 Å². The smallest absolute Gasteiger partial charge is 0.234 e. The normalized spacial score (nSPS) is 10.8. The second-order valence-corrected chi connectivity index (χ2v) is 7.52. The SMILES string of the molecule is CCc1ccc(NC(=O)CSc2nnc(-c3ccccn3)n2Cc2ccco2)cc1. The molecule has 0 unspecified atom stereocenters. The lowest BCUT2D eigenvalue weighted by Gasteiger charge is -2.09. The molecule has 1 aromatic carbocycles. The summed E-state index contributed by atoms with van der Waals surface area (Å²) in [6.07, 6.45) is 4.31. The number of carbonyl (C=O) groups excluding carboxylic acids is 1. The highest BCUT2D eigenvalue weighted by Gasteiger charge is 2.17. The zero-order valence-electron chi connectivity index (χ0n) is 16.5. The third-order valence-electron chi connectivity index (χ3n) is 4.48. The van der Waals surface area contributed by atoms with Gasteiger partial charge in [-0.2, -0.15) is 0 Å². The van der Waals surface area contributed by atoms with Crippen LogP contribution in [0.5, 0.6) is 0 Å². The molecule has 0 fully saturated rings. The Bertz CT molecular complexity index is 1090. The number of nitrogens with zero attached hydrogens (tertiary/aromatic N) is 4. The molecular formula is C22H21N5O2S. The minimum atomic E-state index is -0.101. The van der Waals surface area contributed by atoms with Gasteiger partial charge in [-0.25, -0.2) is 0 Å². The number of rotatable bonds is 8. The highest BCUT2D eigenvalue weighted by Crippen LogP contribution is 2.24. The summed E-state index contributed by atoms with van der Waals surface area (Å²) in [4.78, 5) is 16.8. The molecule has 3 heterocycles. The Morgan fingerprint density at radius 2 is 1.97 bits per heavy atom. The van der Waals surface area contributed by atoms with E-state index >= 15 is 0 Å². The summed E-state index contributed by atoms with van der Waals surface area (Å²) < 4.78 is 7.40. The van der Waals surface area contributed by atoms with Gasteiger partial charge in [0.2, 0.25) is 5.91 Å². The van der Waals surface area contributed by atoms with E-state index in [1.807, 2.05) is 59.2 Å². The lowest BCUT2D eigenvalue weighted by Crippen LogP contribution is -2.14. The first-order valence-electron chi connectivity index (χ1n) is 9.61. The summed E-state index contributed by atoms with van der Waals surface area (Å²) in [7, 11) is 0. The predicted octanol–water partition coefficient (Wildman–Crippen LogP) is 4.27. The van der Waals surface area contributed by atoms with E-state index in [9.17, 15) is 4.79 Å². The number of nitrogens with one attached hydrogen (secondary N) is 1. The van der Waals surface area contributed by atoms with Gasteiger partial charge >= 0.3 is 0 Å². The van der Waals surface area contributed by atoms with Crippen molar-refractivity contribution in [3.8, 4) is 11.5 Å². The topological polar surface area (TPSA) is 85.8 Å². The molecule has 0 saturated heterocycles. The van der Waals surface area contributed by atoms with Crippen molar-refractivity contribution in [2.24, 2.45) is 0 Å². The minimum Gasteiger partial charge on any atom is -0.467 e. The number of carbonyl (C=O) groups is 1. The Kier molecular flexibility index (Phi) is 6.24. The maximum atomic E-state index is 12.4. The summed E-state index contributed by atoms with van der Waals surface area (Å²) >= 11 is 1.33. The summed E-state index contributed by atoms with van der Waals surface area (Å²) in [5, 5.41) is 12.1. The zero-order chi connectivity index (χ0) is 20.8. The first-order chi connectivity index (χ1) is 14.7. The summed E-state index contributed by atoms with van der Waals surface area (Å²) in [6.45, 7) is 2.55. The third-order valence-corrected chi connectivity index (χ3v) is 5.45. The van der Waals surface area contributed by atoms with E-state index in [1.54, 1.807) is 12.5 Å². The Morgan fingerprint density at radius 3 is 2.67 bits per heavy atom. The van der Waals surface area contributed by atoms with Gasteiger partial charge in [-0.1, -0.05) is 36.9 Å². The number of amides is 1. The highest BCUT2D eigenvalue weighted by molar-refractivity contribution is 7.99. The van der Waals surface area contributed by atoms with Crippen LogP contribution in [-0.4, -0.2) is 31.4 Å². The maximum Gasteiger partial charge on any atom is 0.234 e. The molecule has 152 valence electrons. The van der Waals surface area contributed by atoms with E-state index in [0.29, 0.717) is 23.2 Å². The van der Waals surface area contributed by atoms with Crippen LogP contribution in [0.15, 0.2) is 76.6 Å². The van der Waals surface area contributed by atoms with Gasteiger partial charge in [0.05, 0.1) is 18.6 Å². The first kappa shape index (κ1) is 19.9. The van der Waals surface area contributed by atoms with Crippen molar-refractivity contribution < 1.29 is 9.21 Å². The maximum absolute atomic E-state index is 12.4. The second kappa shape index (κ2) is 9.41. The molecule has 0 atom stereocenters. The zero-order valence-corrected chi connectivity index (χ0v) is 17.3. The highest BCUT2D eigenvalue weighted by atomic mass is 32.2. The molecule has 7 nitrogen and oxygen atoms in total. The average molecular weight is 420 g/mol. The van der Waals surface area contributed by atoms with Crippen molar-refractivity contribution in [3.05, 3.63) is 78.4 Å². The molecule has 0 radical (unpaired) electrons. The van der Waals surface area contributed by atoms with Crippen molar-refractivity contribution in [2.75, 3.05) is 11.1 Å². The molecule has 4 aromatic rings. The molecule has 4 rings (SSSR count). The molecule has 0 aliphatic rings. The van der Waals surface area contributed by atoms with Crippen molar-refractivity contribution >= 4 is 23.4 Å². The summed E-state index contributed by atoms with van der Waals surface area (Å²) in [5.74, 6) is 1.52. The van der Waals surface area contributed by atoms with Gasteiger partial charge in [0.1, 0.15) is 11.5 Å². The van der Waals surface area contributed by atoms with Crippen LogP contribution in [0.2, 0.25) is 0 Å². The van der Waals surface area contributed by atoms with Gasteiger partial charge in [0.25, 0.3) is 0 Å². The van der Waals surface area contributed by atoms with E-state index in [0.717, 1.165) is 17.9 Å². The van der Waals surface area contributed by atoms with Crippen molar-refractivity contribution in [1.29, 1.82) is 0 Å². The monoisotopic (exact) mass is 419 g/mol. The number of furan rings is 1. The Hall–Kier alpha value is -3.39. The number of anilines is 1. The molecule has 0 saturated carbocycles. The molecule has 0 spiro atoms. The largest absolute Gasteiger partial charge is 0.467 e. The van der Waals surface area contributed by atoms with Crippen LogP contribution in [0.25, 0.3) is 11.5 Å². The van der Waals surface area contributed by atoms with Gasteiger partial charge in [-0.3, -0.25) is 14.3 Å². The Labute approximate surface area is 178 Å².